The van der Waals surface area contributed by atoms with Crippen LogP contribution >= 0.6 is 0 Å². The zero-order valence-corrected chi connectivity index (χ0v) is 16.4. The Morgan fingerprint density at radius 2 is 1.77 bits per heavy atom. The quantitative estimate of drug-likeness (QED) is 0.359. The molecule has 1 aliphatic heterocycles. The van der Waals surface area contributed by atoms with Gasteiger partial charge in [-0.25, -0.2) is 9.59 Å². The number of anilines is 1. The van der Waals surface area contributed by atoms with Gasteiger partial charge >= 0.3 is 12.0 Å². The number of aryl methyl sites for hydroxylation is 1. The third kappa shape index (κ3) is 4.75. The molecule has 1 fully saturated rings. The number of hydrogen-bond donors (Lipinski definition) is 3. The van der Waals surface area contributed by atoms with Crippen molar-refractivity contribution in [3.63, 3.8) is 0 Å². The van der Waals surface area contributed by atoms with Crippen LogP contribution in [0.3, 0.4) is 0 Å². The molecule has 0 unspecified atom stereocenters. The first kappa shape index (κ1) is 20.8. The number of hydrogen-bond acceptors (Lipinski definition) is 6. The fourth-order valence-corrected chi connectivity index (χ4v) is 2.98. The summed E-state index contributed by atoms with van der Waals surface area (Å²) < 4.78 is 4.91. The van der Waals surface area contributed by atoms with Crippen LogP contribution in [0.25, 0.3) is 0 Å². The molecule has 9 nitrogen and oxygen atoms in total. The largest absolute Gasteiger partial charge is 0.452 e. The highest BCUT2D eigenvalue weighted by Gasteiger charge is 2.48. The van der Waals surface area contributed by atoms with Gasteiger partial charge in [0, 0.05) is 5.69 Å². The number of imide groups is 1. The maximum Gasteiger partial charge on any atom is 0.344 e. The molecule has 1 heterocycles. The Balaban J connectivity index is 1.53. The number of esters is 1. The Kier molecular flexibility index (Phi) is 6.01. The van der Waals surface area contributed by atoms with Crippen LogP contribution in [0.4, 0.5) is 10.5 Å². The molecule has 9 heteroatoms. The summed E-state index contributed by atoms with van der Waals surface area (Å²) in [5, 5.41) is 3.22. The van der Waals surface area contributed by atoms with Crippen molar-refractivity contribution in [1.29, 1.82) is 0 Å². The van der Waals surface area contributed by atoms with Crippen molar-refractivity contribution in [2.45, 2.75) is 25.3 Å². The molecule has 4 amide bonds. The molecule has 3 rings (SSSR count). The summed E-state index contributed by atoms with van der Waals surface area (Å²) in [6.45, 7) is 0.949. The molecule has 30 heavy (non-hydrogen) atoms. The summed E-state index contributed by atoms with van der Waals surface area (Å²) in [5.74, 6) is -2.12. The molecule has 156 valence electrons. The van der Waals surface area contributed by atoms with E-state index in [0.717, 1.165) is 5.56 Å². The van der Waals surface area contributed by atoms with Gasteiger partial charge in [0.1, 0.15) is 5.54 Å². The lowest BCUT2D eigenvalue weighted by Crippen LogP contribution is -2.50. The van der Waals surface area contributed by atoms with Crippen LogP contribution in [0, 0.1) is 0 Å². The van der Waals surface area contributed by atoms with E-state index in [1.807, 2.05) is 30.3 Å². The molecule has 2 aromatic rings. The summed E-state index contributed by atoms with van der Waals surface area (Å²) in [6.07, 6.45) is 0.935. The second-order valence-corrected chi connectivity index (χ2v) is 7.12. The minimum absolute atomic E-state index is 0.223. The molecule has 0 spiro atoms. The molecule has 0 radical (unpaired) electrons. The van der Waals surface area contributed by atoms with Crippen molar-refractivity contribution in [1.82, 2.24) is 15.8 Å². The minimum Gasteiger partial charge on any atom is -0.452 e. The molecule has 4 N–H and O–H groups in total. The number of carbonyl (C=O) groups excluding carboxylic acids is 4. The van der Waals surface area contributed by atoms with E-state index >= 15 is 0 Å². The zero-order chi connectivity index (χ0) is 21.7. The third-order valence-corrected chi connectivity index (χ3v) is 4.73. The second-order valence-electron chi connectivity index (χ2n) is 7.12. The Morgan fingerprint density at radius 1 is 1.10 bits per heavy atom. The van der Waals surface area contributed by atoms with Crippen molar-refractivity contribution in [2.75, 3.05) is 12.3 Å². The molecule has 2 aromatic carbocycles. The van der Waals surface area contributed by atoms with Gasteiger partial charge in [0.2, 0.25) is 0 Å². The van der Waals surface area contributed by atoms with E-state index < -0.39 is 36.0 Å². The highest BCUT2D eigenvalue weighted by molar-refractivity contribution is 6.07. The van der Waals surface area contributed by atoms with Gasteiger partial charge in [0.25, 0.3) is 11.8 Å². The molecule has 0 saturated carbocycles. The van der Waals surface area contributed by atoms with Crippen LogP contribution < -0.4 is 16.5 Å². The monoisotopic (exact) mass is 410 g/mol. The van der Waals surface area contributed by atoms with Crippen LogP contribution in [0.1, 0.15) is 29.3 Å². The van der Waals surface area contributed by atoms with Crippen LogP contribution in [0.2, 0.25) is 0 Å². The van der Waals surface area contributed by atoms with Crippen LogP contribution in [0.15, 0.2) is 54.6 Å². The normalized spacial score (nSPS) is 18.1. The topological polar surface area (TPSA) is 131 Å². The van der Waals surface area contributed by atoms with Gasteiger partial charge in [-0.15, -0.1) is 0 Å². The van der Waals surface area contributed by atoms with E-state index in [0.29, 0.717) is 23.5 Å². The van der Waals surface area contributed by atoms with Crippen molar-refractivity contribution < 1.29 is 23.9 Å². The summed E-state index contributed by atoms with van der Waals surface area (Å²) in [5.41, 5.74) is 8.32. The Bertz CT molecular complexity index is 961. The van der Waals surface area contributed by atoms with Crippen LogP contribution in [-0.4, -0.2) is 41.0 Å². The fourth-order valence-electron chi connectivity index (χ4n) is 2.98. The van der Waals surface area contributed by atoms with E-state index in [2.05, 4.69) is 10.7 Å². The maximum atomic E-state index is 12.7. The number of carbonyl (C=O) groups is 4. The Morgan fingerprint density at radius 3 is 2.43 bits per heavy atom. The van der Waals surface area contributed by atoms with Gasteiger partial charge < -0.3 is 15.8 Å². The van der Waals surface area contributed by atoms with Crippen LogP contribution in [-0.2, 0) is 20.7 Å². The number of nitrogens with two attached hydrogens (primary N) is 1. The van der Waals surface area contributed by atoms with Gasteiger partial charge in [-0.05, 0) is 49.6 Å². The first-order valence-electron chi connectivity index (χ1n) is 9.31. The molecule has 0 bridgehead atoms. The zero-order valence-electron chi connectivity index (χ0n) is 16.4. The predicted octanol–water partition coefficient (Wildman–Crippen LogP) is 1.40. The summed E-state index contributed by atoms with van der Waals surface area (Å²) in [4.78, 5) is 48.9. The molecular formula is C21H22N4O5. The van der Waals surface area contributed by atoms with Crippen molar-refractivity contribution in [2.24, 2.45) is 0 Å². The molecule has 0 aliphatic carbocycles. The second kappa shape index (κ2) is 8.64. The average Bonchev–Trinajstić information content (AvgIpc) is 2.95. The first-order valence-corrected chi connectivity index (χ1v) is 9.31. The number of rotatable bonds is 7. The Labute approximate surface area is 173 Å². The molecule has 1 saturated heterocycles. The third-order valence-electron chi connectivity index (χ3n) is 4.73. The molecular weight excluding hydrogens is 388 g/mol. The number of amides is 4. The SMILES string of the molecule is C[C@]1(CCc2ccccc2)NC(=O)N(NC(=O)COC(=O)c2ccc(N)cc2)C1=O. The Hall–Kier alpha value is -3.88. The standard InChI is InChI=1S/C21H22N4O5/c1-21(12-11-14-5-3-2-4-6-14)19(28)25(20(29)23-21)24-17(26)13-30-18(27)15-7-9-16(22)10-8-15/h2-10H,11-13,22H2,1H3,(H,23,29)(H,24,26)/t21-/m1/s1. The summed E-state index contributed by atoms with van der Waals surface area (Å²) in [7, 11) is 0. The summed E-state index contributed by atoms with van der Waals surface area (Å²) in [6, 6.07) is 14.8. The highest BCUT2D eigenvalue weighted by atomic mass is 16.5. The first-order chi connectivity index (χ1) is 14.3. The van der Waals surface area contributed by atoms with E-state index in [1.165, 1.54) is 24.3 Å². The van der Waals surface area contributed by atoms with Crippen LogP contribution in [0.5, 0.6) is 0 Å². The number of hydrazine groups is 1. The number of nitrogen functional groups attached to an aromatic ring is 1. The maximum absolute atomic E-state index is 12.7. The minimum atomic E-state index is -1.15. The number of benzene rings is 2. The number of urea groups is 1. The molecule has 1 aliphatic rings. The van der Waals surface area contributed by atoms with Crippen molar-refractivity contribution in [3.8, 4) is 0 Å². The van der Waals surface area contributed by atoms with Gasteiger partial charge in [0.15, 0.2) is 6.61 Å². The fraction of sp³-hybridized carbons (Fsp3) is 0.238. The lowest BCUT2D eigenvalue weighted by molar-refractivity contribution is -0.140. The number of ether oxygens (including phenoxy) is 1. The van der Waals surface area contributed by atoms with Gasteiger partial charge in [0.05, 0.1) is 5.56 Å². The lowest BCUT2D eigenvalue weighted by Gasteiger charge is -2.21. The highest BCUT2D eigenvalue weighted by Crippen LogP contribution is 2.22. The van der Waals surface area contributed by atoms with Gasteiger partial charge in [-0.1, -0.05) is 30.3 Å². The van der Waals surface area contributed by atoms with E-state index in [4.69, 9.17) is 10.5 Å². The van der Waals surface area contributed by atoms with E-state index in [9.17, 15) is 19.2 Å². The van der Waals surface area contributed by atoms with Crippen molar-refractivity contribution in [3.05, 3.63) is 65.7 Å². The predicted molar refractivity (Wildman–Crippen MR) is 108 cm³/mol. The van der Waals surface area contributed by atoms with Crippen molar-refractivity contribution >= 4 is 29.5 Å². The smallest absolute Gasteiger partial charge is 0.344 e. The van der Waals surface area contributed by atoms with Gasteiger partial charge in [-0.3, -0.25) is 15.0 Å². The van der Waals surface area contributed by atoms with E-state index in [-0.39, 0.29) is 5.56 Å². The molecule has 1 atom stereocenters. The number of nitrogens with one attached hydrogen (secondary N) is 2. The average molecular weight is 410 g/mol. The number of nitrogens with zero attached hydrogens (tertiary/aromatic N) is 1. The lowest BCUT2D eigenvalue weighted by atomic mass is 9.93. The molecule has 0 aromatic heterocycles. The van der Waals surface area contributed by atoms with Gasteiger partial charge in [-0.2, -0.15) is 5.01 Å². The van der Waals surface area contributed by atoms with E-state index in [1.54, 1.807) is 6.92 Å². The summed E-state index contributed by atoms with van der Waals surface area (Å²) >= 11 is 0.